The summed E-state index contributed by atoms with van der Waals surface area (Å²) in [5, 5.41) is 3.73. The number of benzene rings is 1. The maximum absolute atomic E-state index is 11.8. The molecular formula is C14H10INO3. The number of nitrogens with zero attached hydrogens (tertiary/aromatic N) is 1. The lowest BCUT2D eigenvalue weighted by molar-refractivity contribution is -0.111. The fraction of sp³-hybridized carbons (Fsp3) is 0.0714. The quantitative estimate of drug-likeness (QED) is 0.350. The van der Waals surface area contributed by atoms with Gasteiger partial charge in [0.15, 0.2) is 5.78 Å². The van der Waals surface area contributed by atoms with Crippen LogP contribution in [0.5, 0.6) is 0 Å². The average Bonchev–Trinajstić information content (AvgIpc) is 2.40. The number of hydrogen-bond acceptors (Lipinski definition) is 4. The third-order valence-electron chi connectivity index (χ3n) is 2.49. The molecule has 0 heterocycles. The summed E-state index contributed by atoms with van der Waals surface area (Å²) in [6, 6.07) is 7.08. The molecule has 1 aliphatic carbocycles. The number of rotatable bonds is 2. The Hall–Kier alpha value is -1.76. The number of ketones is 1. The van der Waals surface area contributed by atoms with Crippen LogP contribution in [0.25, 0.3) is 0 Å². The highest BCUT2D eigenvalue weighted by Gasteiger charge is 2.12. The second-order valence-electron chi connectivity index (χ2n) is 3.90. The fourth-order valence-corrected chi connectivity index (χ4v) is 2.07. The second kappa shape index (κ2) is 5.92. The van der Waals surface area contributed by atoms with Crippen LogP contribution in [0, 0.1) is 3.57 Å². The first kappa shape index (κ1) is 13.7. The standard InChI is InChI=1S/C14H10INO3/c1-9-8-10(6-7-13(9)17)16-19-14(18)11-4-2-3-5-12(11)15/h2-8H,1H3/b16-10-. The van der Waals surface area contributed by atoms with E-state index in [-0.39, 0.29) is 5.78 Å². The number of hydrogen-bond donors (Lipinski definition) is 0. The summed E-state index contributed by atoms with van der Waals surface area (Å²) < 4.78 is 0.798. The van der Waals surface area contributed by atoms with Gasteiger partial charge in [-0.05, 0) is 65.4 Å². The van der Waals surface area contributed by atoms with Gasteiger partial charge in [-0.2, -0.15) is 0 Å². The Kier molecular flexibility index (Phi) is 4.26. The van der Waals surface area contributed by atoms with Crippen LogP contribution >= 0.6 is 22.6 Å². The van der Waals surface area contributed by atoms with E-state index in [1.54, 1.807) is 25.1 Å². The monoisotopic (exact) mass is 367 g/mol. The molecule has 1 aliphatic rings. The summed E-state index contributed by atoms with van der Waals surface area (Å²) in [7, 11) is 0. The lowest BCUT2D eigenvalue weighted by Crippen LogP contribution is -2.08. The SMILES string of the molecule is CC1=C/C(=N\OC(=O)c2ccccc2I)C=CC1=O. The van der Waals surface area contributed by atoms with Gasteiger partial charge in [-0.25, -0.2) is 4.79 Å². The van der Waals surface area contributed by atoms with Crippen molar-refractivity contribution in [1.82, 2.24) is 0 Å². The molecule has 0 aliphatic heterocycles. The first-order valence-corrected chi connectivity index (χ1v) is 6.60. The van der Waals surface area contributed by atoms with Crippen molar-refractivity contribution in [3.05, 3.63) is 57.2 Å². The zero-order chi connectivity index (χ0) is 13.8. The van der Waals surface area contributed by atoms with Crippen LogP contribution in [0.1, 0.15) is 17.3 Å². The summed E-state index contributed by atoms with van der Waals surface area (Å²) in [4.78, 5) is 27.9. The Balaban J connectivity index is 2.12. The largest absolute Gasteiger partial charge is 0.366 e. The minimum absolute atomic E-state index is 0.0668. The molecule has 5 heteroatoms. The minimum atomic E-state index is -0.520. The van der Waals surface area contributed by atoms with E-state index in [0.717, 1.165) is 3.57 Å². The summed E-state index contributed by atoms with van der Waals surface area (Å²) in [5.74, 6) is -0.586. The molecule has 4 nitrogen and oxygen atoms in total. The molecule has 0 spiro atoms. The topological polar surface area (TPSA) is 55.7 Å². The van der Waals surface area contributed by atoms with E-state index >= 15 is 0 Å². The van der Waals surface area contributed by atoms with Gasteiger partial charge >= 0.3 is 5.97 Å². The van der Waals surface area contributed by atoms with Crippen molar-refractivity contribution in [2.75, 3.05) is 0 Å². The highest BCUT2D eigenvalue weighted by Crippen LogP contribution is 2.13. The van der Waals surface area contributed by atoms with Crippen LogP contribution in [0.15, 0.2) is 53.2 Å². The van der Waals surface area contributed by atoms with Gasteiger partial charge in [0, 0.05) is 3.57 Å². The maximum Gasteiger partial charge on any atom is 0.366 e. The molecule has 0 fully saturated rings. The number of oxime groups is 1. The van der Waals surface area contributed by atoms with Gasteiger partial charge in [0.25, 0.3) is 0 Å². The Labute approximate surface area is 124 Å². The van der Waals surface area contributed by atoms with Gasteiger partial charge in [0.05, 0.1) is 5.56 Å². The summed E-state index contributed by atoms with van der Waals surface area (Å²) in [5.41, 5.74) is 1.46. The normalized spacial score (nSPS) is 16.4. The van der Waals surface area contributed by atoms with Crippen LogP contribution in [0.3, 0.4) is 0 Å². The molecule has 0 atom stereocenters. The van der Waals surface area contributed by atoms with E-state index in [2.05, 4.69) is 27.7 Å². The van der Waals surface area contributed by atoms with Crippen LogP contribution in [-0.4, -0.2) is 17.5 Å². The summed E-state index contributed by atoms with van der Waals surface area (Å²) >= 11 is 2.06. The van der Waals surface area contributed by atoms with Gasteiger partial charge < -0.3 is 4.84 Å². The van der Waals surface area contributed by atoms with Crippen molar-refractivity contribution >= 4 is 40.1 Å². The van der Waals surface area contributed by atoms with Gasteiger partial charge in [-0.15, -0.1) is 0 Å². The van der Waals surface area contributed by atoms with Crippen molar-refractivity contribution in [2.45, 2.75) is 6.92 Å². The van der Waals surface area contributed by atoms with E-state index in [1.165, 1.54) is 12.2 Å². The molecule has 0 saturated heterocycles. The first-order valence-electron chi connectivity index (χ1n) is 5.52. The third-order valence-corrected chi connectivity index (χ3v) is 3.43. The molecule has 0 radical (unpaired) electrons. The highest BCUT2D eigenvalue weighted by atomic mass is 127. The van der Waals surface area contributed by atoms with Crippen molar-refractivity contribution in [3.63, 3.8) is 0 Å². The molecule has 2 rings (SSSR count). The van der Waals surface area contributed by atoms with Crippen LogP contribution in [0.2, 0.25) is 0 Å². The molecule has 0 unspecified atom stereocenters. The maximum atomic E-state index is 11.8. The molecule has 1 aromatic rings. The van der Waals surface area contributed by atoms with Crippen molar-refractivity contribution in [1.29, 1.82) is 0 Å². The first-order chi connectivity index (χ1) is 9.08. The van der Waals surface area contributed by atoms with Gasteiger partial charge in [0.1, 0.15) is 5.71 Å². The van der Waals surface area contributed by atoms with E-state index in [1.807, 2.05) is 12.1 Å². The Bertz CT molecular complexity index is 629. The molecule has 0 N–H and O–H groups in total. The number of carbonyl (C=O) groups excluding carboxylic acids is 2. The molecule has 19 heavy (non-hydrogen) atoms. The number of halogens is 1. The van der Waals surface area contributed by atoms with Crippen molar-refractivity contribution in [3.8, 4) is 0 Å². The van der Waals surface area contributed by atoms with Crippen LogP contribution < -0.4 is 0 Å². The number of carbonyl (C=O) groups is 2. The Morgan fingerprint density at radius 2 is 2.00 bits per heavy atom. The van der Waals surface area contributed by atoms with Crippen LogP contribution in [-0.2, 0) is 9.63 Å². The molecule has 96 valence electrons. The van der Waals surface area contributed by atoms with E-state index in [4.69, 9.17) is 4.84 Å². The summed E-state index contributed by atoms with van der Waals surface area (Å²) in [6.45, 7) is 1.68. The van der Waals surface area contributed by atoms with Gasteiger partial charge in [-0.1, -0.05) is 17.3 Å². The lowest BCUT2D eigenvalue weighted by atomic mass is 10.1. The smallest absolute Gasteiger partial charge is 0.312 e. The van der Waals surface area contributed by atoms with Gasteiger partial charge in [0.2, 0.25) is 0 Å². The summed E-state index contributed by atoms with van der Waals surface area (Å²) in [6.07, 6.45) is 4.48. The van der Waals surface area contributed by atoms with Crippen LogP contribution in [0.4, 0.5) is 0 Å². The van der Waals surface area contributed by atoms with E-state index < -0.39 is 5.97 Å². The van der Waals surface area contributed by atoms with Crippen molar-refractivity contribution in [2.24, 2.45) is 5.16 Å². The average molecular weight is 367 g/mol. The molecular weight excluding hydrogens is 357 g/mol. The van der Waals surface area contributed by atoms with Crippen molar-refractivity contribution < 1.29 is 14.4 Å². The predicted molar refractivity (Wildman–Crippen MR) is 79.9 cm³/mol. The zero-order valence-corrected chi connectivity index (χ0v) is 12.2. The molecule has 1 aromatic carbocycles. The molecule has 0 aromatic heterocycles. The Morgan fingerprint density at radius 1 is 1.26 bits per heavy atom. The molecule has 0 amide bonds. The zero-order valence-electron chi connectivity index (χ0n) is 10.1. The van der Waals surface area contributed by atoms with E-state index in [0.29, 0.717) is 16.8 Å². The fourth-order valence-electron chi connectivity index (χ4n) is 1.46. The Morgan fingerprint density at radius 3 is 2.68 bits per heavy atom. The minimum Gasteiger partial charge on any atom is -0.312 e. The highest BCUT2D eigenvalue weighted by molar-refractivity contribution is 14.1. The molecule has 0 saturated carbocycles. The number of allylic oxidation sites excluding steroid dienone is 4. The third kappa shape index (κ3) is 3.37. The molecule has 0 bridgehead atoms. The predicted octanol–water partition coefficient (Wildman–Crippen LogP) is 2.89. The van der Waals surface area contributed by atoms with E-state index in [9.17, 15) is 9.59 Å². The van der Waals surface area contributed by atoms with Gasteiger partial charge in [-0.3, -0.25) is 4.79 Å². The lowest BCUT2D eigenvalue weighted by Gasteiger charge is -2.04. The second-order valence-corrected chi connectivity index (χ2v) is 5.06.